The highest BCUT2D eigenvalue weighted by Crippen LogP contribution is 2.22. The molecule has 0 spiro atoms. The van der Waals surface area contributed by atoms with Crippen LogP contribution in [0, 0.1) is 5.92 Å². The second kappa shape index (κ2) is 8.24. The normalized spacial score (nSPS) is 18.2. The topological polar surface area (TPSA) is 50.4 Å². The molecule has 0 radical (unpaired) electrons. The van der Waals surface area contributed by atoms with Crippen molar-refractivity contribution in [2.45, 2.75) is 25.7 Å². The summed E-state index contributed by atoms with van der Waals surface area (Å²) in [6, 6.07) is 5.47. The minimum Gasteiger partial charge on any atom is -0.406 e. The molecule has 1 amide bonds. The fourth-order valence-electron chi connectivity index (χ4n) is 2.22. The molecule has 8 heteroatoms. The third-order valence-corrected chi connectivity index (χ3v) is 3.29. The Hall–Kier alpha value is -1.47. The molecular weight excluding hydrogens is 321 g/mol. The fraction of sp³-hybridized carbons (Fsp3) is 0.500. The number of ether oxygens (including phenoxy) is 1. The summed E-state index contributed by atoms with van der Waals surface area (Å²) in [5.74, 6) is -0.335. The van der Waals surface area contributed by atoms with Crippen molar-refractivity contribution in [3.8, 4) is 5.75 Å². The van der Waals surface area contributed by atoms with Crippen LogP contribution in [0.5, 0.6) is 5.75 Å². The van der Waals surface area contributed by atoms with E-state index in [1.165, 1.54) is 24.3 Å². The monoisotopic (exact) mass is 338 g/mol. The maximum atomic E-state index is 12.0. The molecule has 1 fully saturated rings. The molecule has 124 valence electrons. The van der Waals surface area contributed by atoms with Gasteiger partial charge in [0.25, 0.3) is 0 Å². The van der Waals surface area contributed by atoms with Gasteiger partial charge in [-0.05, 0) is 37.1 Å². The van der Waals surface area contributed by atoms with Crippen molar-refractivity contribution in [1.82, 2.24) is 10.6 Å². The molecular formula is C14H18ClF3N2O2. The molecule has 1 atom stereocenters. The molecule has 1 saturated heterocycles. The molecule has 1 aromatic rings. The number of hydrogen-bond donors (Lipinski definition) is 2. The van der Waals surface area contributed by atoms with Gasteiger partial charge < -0.3 is 15.4 Å². The minimum absolute atomic E-state index is 0. The lowest BCUT2D eigenvalue weighted by molar-refractivity contribution is -0.274. The summed E-state index contributed by atoms with van der Waals surface area (Å²) in [7, 11) is 0. The number of benzene rings is 1. The van der Waals surface area contributed by atoms with Crippen LogP contribution in [0.1, 0.15) is 18.4 Å². The Bertz CT molecular complexity index is 474. The van der Waals surface area contributed by atoms with E-state index in [1.54, 1.807) is 0 Å². The first-order valence-corrected chi connectivity index (χ1v) is 6.77. The molecule has 0 aliphatic carbocycles. The van der Waals surface area contributed by atoms with E-state index in [2.05, 4.69) is 15.4 Å². The molecule has 0 bridgehead atoms. The molecule has 0 saturated carbocycles. The summed E-state index contributed by atoms with van der Waals surface area (Å²) in [5, 5.41) is 5.95. The van der Waals surface area contributed by atoms with Gasteiger partial charge in [-0.15, -0.1) is 25.6 Å². The van der Waals surface area contributed by atoms with Crippen molar-refractivity contribution in [2.75, 3.05) is 13.1 Å². The second-order valence-corrected chi connectivity index (χ2v) is 4.95. The number of hydrogen-bond acceptors (Lipinski definition) is 3. The molecule has 2 rings (SSSR count). The summed E-state index contributed by atoms with van der Waals surface area (Å²) in [6.07, 6.45) is -2.86. The van der Waals surface area contributed by atoms with E-state index in [4.69, 9.17) is 0 Å². The maximum absolute atomic E-state index is 12.0. The minimum atomic E-state index is -4.69. The Morgan fingerprint density at radius 2 is 2.00 bits per heavy atom. The Labute approximate surface area is 132 Å². The number of rotatable bonds is 4. The highest BCUT2D eigenvalue weighted by molar-refractivity contribution is 5.85. The van der Waals surface area contributed by atoms with E-state index >= 15 is 0 Å². The number of carbonyl (C=O) groups excluding carboxylic acids is 1. The van der Waals surface area contributed by atoms with Crippen LogP contribution in [-0.4, -0.2) is 25.4 Å². The standard InChI is InChI=1S/C14H17F3N2O2.ClH/c15-14(16,17)21-12-5-3-10(4-6-12)8-19-13(20)11-2-1-7-18-9-11;/h3-6,11,18H,1-2,7-9H2,(H,19,20);1H. The fourth-order valence-corrected chi connectivity index (χ4v) is 2.22. The first kappa shape index (κ1) is 18.6. The van der Waals surface area contributed by atoms with Gasteiger partial charge in [0.1, 0.15) is 5.75 Å². The smallest absolute Gasteiger partial charge is 0.406 e. The molecule has 4 nitrogen and oxygen atoms in total. The van der Waals surface area contributed by atoms with Gasteiger partial charge in [0.05, 0.1) is 5.92 Å². The summed E-state index contributed by atoms with van der Waals surface area (Å²) < 4.78 is 39.8. The molecule has 1 aliphatic heterocycles. The number of nitrogens with one attached hydrogen (secondary N) is 2. The van der Waals surface area contributed by atoms with Crippen LogP contribution in [0.15, 0.2) is 24.3 Å². The van der Waals surface area contributed by atoms with Crippen LogP contribution >= 0.6 is 12.4 Å². The number of amides is 1. The van der Waals surface area contributed by atoms with Gasteiger partial charge in [-0.3, -0.25) is 4.79 Å². The summed E-state index contributed by atoms with van der Waals surface area (Å²) in [6.45, 7) is 1.90. The Morgan fingerprint density at radius 3 is 2.55 bits per heavy atom. The summed E-state index contributed by atoms with van der Waals surface area (Å²) in [4.78, 5) is 11.9. The zero-order chi connectivity index (χ0) is 15.3. The highest BCUT2D eigenvalue weighted by Gasteiger charge is 2.30. The number of carbonyl (C=O) groups is 1. The number of piperidine rings is 1. The summed E-state index contributed by atoms with van der Waals surface area (Å²) >= 11 is 0. The van der Waals surface area contributed by atoms with Crippen molar-refractivity contribution >= 4 is 18.3 Å². The second-order valence-electron chi connectivity index (χ2n) is 4.95. The zero-order valence-corrected chi connectivity index (χ0v) is 12.6. The van der Waals surface area contributed by atoms with Crippen molar-refractivity contribution in [3.63, 3.8) is 0 Å². The molecule has 1 heterocycles. The largest absolute Gasteiger partial charge is 0.573 e. The lowest BCUT2D eigenvalue weighted by atomic mass is 9.99. The van der Waals surface area contributed by atoms with E-state index in [1.807, 2.05) is 0 Å². The molecule has 1 unspecified atom stereocenters. The van der Waals surface area contributed by atoms with Crippen molar-refractivity contribution in [2.24, 2.45) is 5.92 Å². The lowest BCUT2D eigenvalue weighted by Crippen LogP contribution is -2.40. The van der Waals surface area contributed by atoms with Crippen LogP contribution in [0.3, 0.4) is 0 Å². The van der Waals surface area contributed by atoms with E-state index < -0.39 is 6.36 Å². The van der Waals surface area contributed by atoms with Gasteiger partial charge in [0, 0.05) is 13.1 Å². The SMILES string of the molecule is Cl.O=C(NCc1ccc(OC(F)(F)F)cc1)C1CCCNC1. The predicted molar refractivity (Wildman–Crippen MR) is 77.8 cm³/mol. The molecule has 0 aromatic heterocycles. The van der Waals surface area contributed by atoms with E-state index in [0.29, 0.717) is 13.1 Å². The van der Waals surface area contributed by atoms with Crippen molar-refractivity contribution < 1.29 is 22.7 Å². The number of alkyl halides is 3. The predicted octanol–water partition coefficient (Wildman–Crippen LogP) is 2.62. The van der Waals surface area contributed by atoms with Gasteiger partial charge in [-0.1, -0.05) is 12.1 Å². The Balaban J connectivity index is 0.00000242. The van der Waals surface area contributed by atoms with Crippen LogP contribution in [0.25, 0.3) is 0 Å². The average molecular weight is 339 g/mol. The van der Waals surface area contributed by atoms with Crippen molar-refractivity contribution in [3.05, 3.63) is 29.8 Å². The summed E-state index contributed by atoms with van der Waals surface area (Å²) in [5.41, 5.74) is 0.724. The highest BCUT2D eigenvalue weighted by atomic mass is 35.5. The third kappa shape index (κ3) is 6.11. The molecule has 22 heavy (non-hydrogen) atoms. The molecule has 2 N–H and O–H groups in total. The Kier molecular flexibility index (Phi) is 6.96. The maximum Gasteiger partial charge on any atom is 0.573 e. The van der Waals surface area contributed by atoms with Gasteiger partial charge >= 0.3 is 6.36 Å². The lowest BCUT2D eigenvalue weighted by Gasteiger charge is -2.21. The zero-order valence-electron chi connectivity index (χ0n) is 11.8. The quantitative estimate of drug-likeness (QED) is 0.887. The van der Waals surface area contributed by atoms with Crippen LogP contribution in [0.2, 0.25) is 0 Å². The van der Waals surface area contributed by atoms with Crippen LogP contribution in [-0.2, 0) is 11.3 Å². The Morgan fingerprint density at radius 1 is 1.32 bits per heavy atom. The van der Waals surface area contributed by atoms with E-state index in [-0.39, 0.29) is 30.0 Å². The average Bonchev–Trinajstić information content (AvgIpc) is 2.45. The van der Waals surface area contributed by atoms with Crippen LogP contribution < -0.4 is 15.4 Å². The number of halogens is 4. The van der Waals surface area contributed by atoms with Gasteiger partial charge in [0.15, 0.2) is 0 Å². The van der Waals surface area contributed by atoms with E-state index in [0.717, 1.165) is 24.9 Å². The molecule has 1 aromatic carbocycles. The first-order chi connectivity index (χ1) is 9.94. The van der Waals surface area contributed by atoms with E-state index in [9.17, 15) is 18.0 Å². The van der Waals surface area contributed by atoms with Gasteiger partial charge in [0.2, 0.25) is 5.91 Å². The van der Waals surface area contributed by atoms with Gasteiger partial charge in [-0.2, -0.15) is 0 Å². The van der Waals surface area contributed by atoms with Crippen LogP contribution in [0.4, 0.5) is 13.2 Å². The van der Waals surface area contributed by atoms with Crippen molar-refractivity contribution in [1.29, 1.82) is 0 Å². The molecule has 1 aliphatic rings. The first-order valence-electron chi connectivity index (χ1n) is 6.77. The van der Waals surface area contributed by atoms with Gasteiger partial charge in [-0.25, -0.2) is 0 Å². The third-order valence-electron chi connectivity index (χ3n) is 3.29.